The molecule has 0 aromatic carbocycles. The van der Waals surface area contributed by atoms with Crippen LogP contribution in [0.1, 0.15) is 53.3 Å². The summed E-state index contributed by atoms with van der Waals surface area (Å²) in [4.78, 5) is 35.7. The van der Waals surface area contributed by atoms with Gasteiger partial charge in [-0.2, -0.15) is 0 Å². The van der Waals surface area contributed by atoms with E-state index in [1.54, 1.807) is 24.4 Å². The van der Waals surface area contributed by atoms with Crippen LogP contribution in [0.3, 0.4) is 0 Å². The molecule has 5 heteroatoms. The maximum atomic E-state index is 12.4. The third-order valence-electron chi connectivity index (χ3n) is 3.59. The summed E-state index contributed by atoms with van der Waals surface area (Å²) in [6.45, 7) is 2.65. The standard InChI is InChI=1S/C17H20N2O3/c1-2-3-4-6-9-18-16(21)14-11-13(12-20)15-8-5-7-10-19(15)17(14)22/h5,7-8,10-12H,2-4,6,9H2,1H3,(H,18,21). The fourth-order valence-corrected chi connectivity index (χ4v) is 2.38. The largest absolute Gasteiger partial charge is 0.352 e. The third-order valence-corrected chi connectivity index (χ3v) is 3.59. The molecule has 2 rings (SSSR count). The number of hydrogen-bond donors (Lipinski definition) is 1. The van der Waals surface area contributed by atoms with Gasteiger partial charge in [-0.1, -0.05) is 32.3 Å². The molecule has 0 aliphatic heterocycles. The number of nitrogens with zero attached hydrogens (tertiary/aromatic N) is 1. The second-order valence-corrected chi connectivity index (χ2v) is 5.21. The Balaban J connectivity index is 2.24. The van der Waals surface area contributed by atoms with E-state index in [9.17, 15) is 14.4 Å². The molecule has 5 nitrogen and oxygen atoms in total. The highest BCUT2D eigenvalue weighted by molar-refractivity contribution is 5.97. The van der Waals surface area contributed by atoms with Crippen molar-refractivity contribution in [3.8, 4) is 0 Å². The number of aromatic nitrogens is 1. The number of carbonyl (C=O) groups excluding carboxylic acids is 2. The summed E-state index contributed by atoms with van der Waals surface area (Å²) >= 11 is 0. The topological polar surface area (TPSA) is 67.7 Å². The fraction of sp³-hybridized carbons (Fsp3) is 0.353. The molecule has 116 valence electrons. The van der Waals surface area contributed by atoms with E-state index in [4.69, 9.17) is 0 Å². The predicted molar refractivity (Wildman–Crippen MR) is 85.5 cm³/mol. The highest BCUT2D eigenvalue weighted by Crippen LogP contribution is 2.08. The van der Waals surface area contributed by atoms with Gasteiger partial charge in [0.2, 0.25) is 0 Å². The minimum Gasteiger partial charge on any atom is -0.352 e. The summed E-state index contributed by atoms with van der Waals surface area (Å²) < 4.78 is 1.33. The van der Waals surface area contributed by atoms with Crippen molar-refractivity contribution < 1.29 is 9.59 Å². The van der Waals surface area contributed by atoms with E-state index >= 15 is 0 Å². The van der Waals surface area contributed by atoms with Crippen LogP contribution in [0, 0.1) is 0 Å². The van der Waals surface area contributed by atoms with Gasteiger partial charge in [0.05, 0.1) is 5.52 Å². The SMILES string of the molecule is CCCCCCNC(=O)c1cc(C=O)c2ccccn2c1=O. The molecule has 0 unspecified atom stereocenters. The summed E-state index contributed by atoms with van der Waals surface area (Å²) in [5.74, 6) is -0.428. The first-order valence-corrected chi connectivity index (χ1v) is 7.56. The van der Waals surface area contributed by atoms with Crippen molar-refractivity contribution >= 4 is 17.7 Å². The molecule has 1 amide bonds. The van der Waals surface area contributed by atoms with Crippen LogP contribution in [0.2, 0.25) is 0 Å². The summed E-state index contributed by atoms with van der Waals surface area (Å²) in [5, 5.41) is 2.75. The average molecular weight is 300 g/mol. The lowest BCUT2D eigenvalue weighted by molar-refractivity contribution is 0.0951. The molecular weight excluding hydrogens is 280 g/mol. The van der Waals surface area contributed by atoms with Crippen LogP contribution in [-0.4, -0.2) is 23.1 Å². The number of unbranched alkanes of at least 4 members (excludes halogenated alkanes) is 3. The van der Waals surface area contributed by atoms with Gasteiger partial charge >= 0.3 is 0 Å². The number of pyridine rings is 2. The molecule has 0 saturated carbocycles. The van der Waals surface area contributed by atoms with Crippen LogP contribution in [0.4, 0.5) is 0 Å². The lowest BCUT2D eigenvalue weighted by atomic mass is 10.1. The lowest BCUT2D eigenvalue weighted by Crippen LogP contribution is -2.32. The normalized spacial score (nSPS) is 10.6. The summed E-state index contributed by atoms with van der Waals surface area (Å²) in [6.07, 6.45) is 6.41. The predicted octanol–water partition coefficient (Wildman–Crippen LogP) is 2.42. The fourth-order valence-electron chi connectivity index (χ4n) is 2.38. The first-order chi connectivity index (χ1) is 10.7. The quantitative estimate of drug-likeness (QED) is 0.631. The Morgan fingerprint density at radius 2 is 2.09 bits per heavy atom. The average Bonchev–Trinajstić information content (AvgIpc) is 2.55. The molecule has 0 spiro atoms. The summed E-state index contributed by atoms with van der Waals surface area (Å²) in [6, 6.07) is 6.48. The Hall–Kier alpha value is -2.43. The molecule has 2 heterocycles. The molecule has 0 bridgehead atoms. The van der Waals surface area contributed by atoms with Crippen molar-refractivity contribution in [2.24, 2.45) is 0 Å². The number of carbonyl (C=O) groups is 2. The Morgan fingerprint density at radius 3 is 2.82 bits per heavy atom. The van der Waals surface area contributed by atoms with Crippen LogP contribution in [0.25, 0.3) is 5.52 Å². The van der Waals surface area contributed by atoms with Crippen LogP contribution in [0.5, 0.6) is 0 Å². The molecule has 0 aliphatic rings. The molecule has 2 aromatic heterocycles. The lowest BCUT2D eigenvalue weighted by Gasteiger charge is -2.08. The Labute approximate surface area is 129 Å². The molecular formula is C17H20N2O3. The molecule has 0 atom stereocenters. The number of aldehydes is 1. The summed E-state index contributed by atoms with van der Waals surface area (Å²) in [7, 11) is 0. The van der Waals surface area contributed by atoms with Gasteiger partial charge in [-0.15, -0.1) is 0 Å². The highest BCUT2D eigenvalue weighted by atomic mass is 16.2. The van der Waals surface area contributed by atoms with Crippen molar-refractivity contribution in [2.45, 2.75) is 32.6 Å². The number of amides is 1. The zero-order valence-electron chi connectivity index (χ0n) is 12.7. The number of nitrogens with one attached hydrogen (secondary N) is 1. The second kappa shape index (κ2) is 7.54. The zero-order chi connectivity index (χ0) is 15.9. The van der Waals surface area contributed by atoms with Gasteiger partial charge in [0, 0.05) is 18.3 Å². The van der Waals surface area contributed by atoms with E-state index in [-0.39, 0.29) is 5.56 Å². The number of hydrogen-bond acceptors (Lipinski definition) is 3. The van der Waals surface area contributed by atoms with Gasteiger partial charge in [0.15, 0.2) is 6.29 Å². The van der Waals surface area contributed by atoms with E-state index in [1.165, 1.54) is 10.5 Å². The molecule has 0 radical (unpaired) electrons. The van der Waals surface area contributed by atoms with E-state index in [0.29, 0.717) is 23.9 Å². The summed E-state index contributed by atoms with van der Waals surface area (Å²) in [5.41, 5.74) is 0.423. The molecule has 0 fully saturated rings. The van der Waals surface area contributed by atoms with Gasteiger partial charge in [-0.25, -0.2) is 0 Å². The van der Waals surface area contributed by atoms with Crippen LogP contribution in [0.15, 0.2) is 35.3 Å². The van der Waals surface area contributed by atoms with Gasteiger partial charge < -0.3 is 5.32 Å². The van der Waals surface area contributed by atoms with Crippen LogP contribution >= 0.6 is 0 Å². The first kappa shape index (κ1) is 15.9. The Kier molecular flexibility index (Phi) is 5.47. The van der Waals surface area contributed by atoms with E-state index in [2.05, 4.69) is 12.2 Å². The van der Waals surface area contributed by atoms with Gasteiger partial charge in [-0.05, 0) is 24.6 Å². The maximum Gasteiger partial charge on any atom is 0.267 e. The molecule has 2 aromatic rings. The van der Waals surface area contributed by atoms with Crippen LogP contribution < -0.4 is 10.9 Å². The zero-order valence-corrected chi connectivity index (χ0v) is 12.7. The Morgan fingerprint density at radius 1 is 1.27 bits per heavy atom. The van der Waals surface area contributed by atoms with E-state index in [0.717, 1.165) is 25.7 Å². The molecule has 0 saturated heterocycles. The maximum absolute atomic E-state index is 12.4. The molecule has 1 N–H and O–H groups in total. The molecule has 0 aliphatic carbocycles. The van der Waals surface area contributed by atoms with Gasteiger partial charge in [-0.3, -0.25) is 18.8 Å². The van der Waals surface area contributed by atoms with Gasteiger partial charge in [0.1, 0.15) is 5.56 Å². The minimum atomic E-state index is -0.428. The van der Waals surface area contributed by atoms with Crippen molar-refractivity contribution in [1.82, 2.24) is 9.72 Å². The smallest absolute Gasteiger partial charge is 0.267 e. The van der Waals surface area contributed by atoms with Crippen molar-refractivity contribution in [2.75, 3.05) is 6.54 Å². The van der Waals surface area contributed by atoms with Crippen molar-refractivity contribution in [3.63, 3.8) is 0 Å². The minimum absolute atomic E-state index is 0.00120. The highest BCUT2D eigenvalue weighted by Gasteiger charge is 2.14. The van der Waals surface area contributed by atoms with E-state index in [1.807, 2.05) is 0 Å². The first-order valence-electron chi connectivity index (χ1n) is 7.56. The third kappa shape index (κ3) is 3.42. The second-order valence-electron chi connectivity index (χ2n) is 5.21. The van der Waals surface area contributed by atoms with Crippen LogP contribution in [-0.2, 0) is 0 Å². The number of fused-ring (bicyclic) bond motifs is 1. The number of rotatable bonds is 7. The molecule has 22 heavy (non-hydrogen) atoms. The van der Waals surface area contributed by atoms with Crippen molar-refractivity contribution in [3.05, 3.63) is 51.9 Å². The van der Waals surface area contributed by atoms with Crippen molar-refractivity contribution in [1.29, 1.82) is 0 Å². The van der Waals surface area contributed by atoms with Gasteiger partial charge in [0.25, 0.3) is 11.5 Å². The monoisotopic (exact) mass is 300 g/mol. The Bertz CT molecular complexity index is 734. The van der Waals surface area contributed by atoms with E-state index < -0.39 is 11.5 Å².